The van der Waals surface area contributed by atoms with Crippen LogP contribution in [0.4, 0.5) is 17.2 Å². The van der Waals surface area contributed by atoms with Crippen LogP contribution in [0, 0.1) is 17.0 Å². The Kier molecular flexibility index (Phi) is 4.02. The van der Waals surface area contributed by atoms with E-state index in [4.69, 9.17) is 0 Å². The number of hydrogen-bond acceptors (Lipinski definition) is 8. The summed E-state index contributed by atoms with van der Waals surface area (Å²) in [5.41, 5.74) is 3.22. The molecule has 10 nitrogen and oxygen atoms in total. The van der Waals surface area contributed by atoms with E-state index in [1.54, 1.807) is 18.2 Å². The predicted octanol–water partition coefficient (Wildman–Crippen LogP) is 3.72. The smallest absolute Gasteiger partial charge is 0.334 e. The summed E-state index contributed by atoms with van der Waals surface area (Å²) in [5, 5.41) is 24.0. The van der Waals surface area contributed by atoms with E-state index in [0.717, 1.165) is 16.6 Å². The Morgan fingerprint density at radius 2 is 1.83 bits per heavy atom. The number of para-hydroxylation sites is 1. The molecule has 146 valence electrons. The molecule has 2 aromatic carbocycles. The maximum absolute atomic E-state index is 12.0. The number of fused-ring (bicyclic) bond motifs is 2. The first-order valence-corrected chi connectivity index (χ1v) is 9.05. The van der Waals surface area contributed by atoms with Gasteiger partial charge in [-0.2, -0.15) is 4.68 Å². The normalized spacial score (nSPS) is 11.1. The van der Waals surface area contributed by atoms with Crippen LogP contribution in [0.15, 0.2) is 60.9 Å². The summed E-state index contributed by atoms with van der Waals surface area (Å²) in [7, 11) is 0. The van der Waals surface area contributed by atoms with Gasteiger partial charge in [-0.1, -0.05) is 23.4 Å². The van der Waals surface area contributed by atoms with E-state index in [2.05, 4.69) is 30.6 Å². The second-order valence-corrected chi connectivity index (χ2v) is 6.59. The molecule has 0 aliphatic carbocycles. The molecule has 0 saturated heterocycles. The van der Waals surface area contributed by atoms with Crippen molar-refractivity contribution < 1.29 is 4.92 Å². The highest BCUT2D eigenvalue weighted by molar-refractivity contribution is 5.94. The van der Waals surface area contributed by atoms with Gasteiger partial charge in [-0.25, -0.2) is 9.97 Å². The van der Waals surface area contributed by atoms with Gasteiger partial charge >= 0.3 is 5.69 Å². The van der Waals surface area contributed by atoms with Crippen LogP contribution in [0.2, 0.25) is 0 Å². The minimum Gasteiger partial charge on any atom is -0.334 e. The van der Waals surface area contributed by atoms with Crippen LogP contribution in [0.5, 0.6) is 0 Å². The second kappa shape index (κ2) is 6.85. The molecule has 0 amide bonds. The van der Waals surface area contributed by atoms with Gasteiger partial charge in [0.2, 0.25) is 11.6 Å². The van der Waals surface area contributed by atoms with E-state index in [1.165, 1.54) is 11.0 Å². The minimum absolute atomic E-state index is 0.0282. The zero-order valence-electron chi connectivity index (χ0n) is 15.7. The molecule has 3 heterocycles. The monoisotopic (exact) mass is 398 g/mol. The number of rotatable bonds is 4. The largest absolute Gasteiger partial charge is 0.356 e. The number of nitrogens with one attached hydrogen (secondary N) is 1. The number of aromatic nitrogens is 6. The lowest BCUT2D eigenvalue weighted by molar-refractivity contribution is -0.384. The van der Waals surface area contributed by atoms with Crippen LogP contribution in [0.25, 0.3) is 27.8 Å². The molecule has 0 unspecified atom stereocenters. The highest BCUT2D eigenvalue weighted by atomic mass is 16.6. The molecule has 3 aromatic heterocycles. The summed E-state index contributed by atoms with van der Waals surface area (Å²) in [4.78, 5) is 24.2. The minimum atomic E-state index is -0.526. The molecule has 0 radical (unpaired) electrons. The molecule has 0 saturated carbocycles. The topological polar surface area (TPSA) is 125 Å². The fourth-order valence-electron chi connectivity index (χ4n) is 3.30. The van der Waals surface area contributed by atoms with E-state index >= 15 is 0 Å². The maximum atomic E-state index is 12.0. The van der Waals surface area contributed by atoms with E-state index in [0.29, 0.717) is 16.7 Å². The molecule has 5 rings (SSSR count). The van der Waals surface area contributed by atoms with E-state index in [-0.39, 0.29) is 17.3 Å². The molecule has 0 spiro atoms. The first-order chi connectivity index (χ1) is 14.6. The summed E-state index contributed by atoms with van der Waals surface area (Å²) >= 11 is 0. The Hall–Kier alpha value is -4.47. The van der Waals surface area contributed by atoms with Crippen molar-refractivity contribution in [1.29, 1.82) is 0 Å². The van der Waals surface area contributed by atoms with Crippen molar-refractivity contribution in [3.63, 3.8) is 0 Å². The summed E-state index contributed by atoms with van der Waals surface area (Å²) < 4.78 is 1.34. The summed E-state index contributed by atoms with van der Waals surface area (Å²) in [6.45, 7) is 1.91. The van der Waals surface area contributed by atoms with Crippen molar-refractivity contribution in [3.8, 4) is 5.82 Å². The van der Waals surface area contributed by atoms with Crippen LogP contribution in [0.3, 0.4) is 0 Å². The lowest BCUT2D eigenvalue weighted by atomic mass is 10.1. The van der Waals surface area contributed by atoms with Crippen molar-refractivity contribution in [2.45, 2.75) is 6.92 Å². The van der Waals surface area contributed by atoms with Crippen molar-refractivity contribution in [2.75, 3.05) is 5.32 Å². The van der Waals surface area contributed by atoms with Crippen molar-refractivity contribution in [2.24, 2.45) is 0 Å². The van der Waals surface area contributed by atoms with Gasteiger partial charge in [-0.3, -0.25) is 15.1 Å². The number of nitrogens with zero attached hydrogens (tertiary/aromatic N) is 7. The number of anilines is 2. The van der Waals surface area contributed by atoms with Crippen LogP contribution in [-0.2, 0) is 0 Å². The lowest BCUT2D eigenvalue weighted by Gasteiger charge is -2.11. The molecule has 0 aliphatic rings. The average molecular weight is 398 g/mol. The zero-order chi connectivity index (χ0) is 20.7. The van der Waals surface area contributed by atoms with Gasteiger partial charge in [0, 0.05) is 16.8 Å². The van der Waals surface area contributed by atoms with Gasteiger partial charge in [0.05, 0.1) is 16.0 Å². The van der Waals surface area contributed by atoms with Crippen molar-refractivity contribution in [3.05, 3.63) is 76.7 Å². The first kappa shape index (κ1) is 17.6. The Morgan fingerprint density at radius 1 is 1.00 bits per heavy atom. The summed E-state index contributed by atoms with van der Waals surface area (Å²) in [6, 6.07) is 16.5. The molecule has 0 aliphatic heterocycles. The number of benzene rings is 2. The molecular weight excluding hydrogens is 384 g/mol. The molecule has 30 heavy (non-hydrogen) atoms. The SMILES string of the molecule is Cc1ccc2c(Nc3ncnc(-n4nnc5ccccc54)c3[N+](=O)[O-])cccc2n1. The predicted molar refractivity (Wildman–Crippen MR) is 111 cm³/mol. The van der Waals surface area contributed by atoms with Crippen LogP contribution < -0.4 is 5.32 Å². The van der Waals surface area contributed by atoms with E-state index in [9.17, 15) is 10.1 Å². The van der Waals surface area contributed by atoms with Gasteiger partial charge in [0.15, 0.2) is 0 Å². The van der Waals surface area contributed by atoms with Gasteiger partial charge in [0.1, 0.15) is 11.8 Å². The number of hydrogen-bond donors (Lipinski definition) is 1. The zero-order valence-corrected chi connectivity index (χ0v) is 15.7. The third-order valence-corrected chi connectivity index (χ3v) is 4.66. The third-order valence-electron chi connectivity index (χ3n) is 4.66. The average Bonchev–Trinajstić information content (AvgIpc) is 3.17. The van der Waals surface area contributed by atoms with Crippen LogP contribution in [0.1, 0.15) is 5.69 Å². The molecule has 0 atom stereocenters. The second-order valence-electron chi connectivity index (χ2n) is 6.59. The van der Waals surface area contributed by atoms with Crippen molar-refractivity contribution in [1.82, 2.24) is 29.9 Å². The molecular formula is C20H14N8O2. The van der Waals surface area contributed by atoms with Crippen molar-refractivity contribution >= 4 is 39.1 Å². The van der Waals surface area contributed by atoms with Crippen LogP contribution >= 0.6 is 0 Å². The Bertz CT molecular complexity index is 1430. The van der Waals surface area contributed by atoms with Crippen LogP contribution in [-0.4, -0.2) is 34.9 Å². The third kappa shape index (κ3) is 2.87. The standard InChI is InChI=1S/C20H14N8O2/c1-12-9-10-13-14(23-12)6-4-7-15(13)24-19-18(28(29)30)20(22-11-21-19)27-17-8-3-2-5-16(17)25-26-27/h2-11H,1H3,(H,21,22,24). The van der Waals surface area contributed by atoms with E-state index < -0.39 is 4.92 Å². The van der Waals surface area contributed by atoms with E-state index in [1.807, 2.05) is 43.3 Å². The number of nitro groups is 1. The highest BCUT2D eigenvalue weighted by Crippen LogP contribution is 2.33. The summed E-state index contributed by atoms with van der Waals surface area (Å²) in [5.74, 6) is 0.0815. The van der Waals surface area contributed by atoms with Gasteiger partial charge < -0.3 is 5.32 Å². The molecule has 10 heteroatoms. The van der Waals surface area contributed by atoms with Gasteiger partial charge in [-0.15, -0.1) is 5.10 Å². The van der Waals surface area contributed by atoms with Gasteiger partial charge in [0.25, 0.3) is 0 Å². The Balaban J connectivity index is 1.67. The summed E-state index contributed by atoms with van der Waals surface area (Å²) in [6.07, 6.45) is 1.26. The lowest BCUT2D eigenvalue weighted by Crippen LogP contribution is -2.09. The quantitative estimate of drug-likeness (QED) is 0.359. The number of aryl methyl sites for hydroxylation is 1. The highest BCUT2D eigenvalue weighted by Gasteiger charge is 2.26. The molecule has 1 N–H and O–H groups in total. The molecule has 5 aromatic rings. The Labute approximate surface area is 169 Å². The fourth-order valence-corrected chi connectivity index (χ4v) is 3.30. The first-order valence-electron chi connectivity index (χ1n) is 9.05. The van der Waals surface area contributed by atoms with Gasteiger partial charge in [-0.05, 0) is 43.3 Å². The molecule has 0 bridgehead atoms. The fraction of sp³-hybridized carbons (Fsp3) is 0.0500. The molecule has 0 fully saturated rings. The maximum Gasteiger partial charge on any atom is 0.356 e. The Morgan fingerprint density at radius 3 is 2.70 bits per heavy atom. The number of pyridine rings is 1.